The number of carbonyl (C=O) groups excluding carboxylic acids is 1. The molecule has 3 fully saturated rings. The van der Waals surface area contributed by atoms with Crippen molar-refractivity contribution in [3.8, 4) is 17.2 Å². The second-order valence-electron chi connectivity index (χ2n) is 13.3. The van der Waals surface area contributed by atoms with E-state index in [1.54, 1.807) is 15.4 Å². The fourth-order valence-electron chi connectivity index (χ4n) is 7.43. The topological polar surface area (TPSA) is 138 Å². The first kappa shape index (κ1) is 31.0. The summed E-state index contributed by atoms with van der Waals surface area (Å²) in [6.45, 7) is 8.62. The first-order chi connectivity index (χ1) is 24.0. The van der Waals surface area contributed by atoms with Crippen molar-refractivity contribution in [3.05, 3.63) is 72.9 Å². The molecule has 0 unspecified atom stereocenters. The van der Waals surface area contributed by atoms with Crippen molar-refractivity contribution in [2.45, 2.75) is 44.3 Å². The number of morpholine rings is 1. The van der Waals surface area contributed by atoms with Crippen LogP contribution in [0.5, 0.6) is 0 Å². The number of aromatic nitrogens is 7. The minimum Gasteiger partial charge on any atom is -0.379 e. The molecule has 0 atom stereocenters. The molecule has 0 radical (unpaired) electrons. The van der Waals surface area contributed by atoms with E-state index in [9.17, 15) is 10.1 Å². The summed E-state index contributed by atoms with van der Waals surface area (Å²) >= 11 is 0. The molecule has 1 amide bonds. The Labute approximate surface area is 284 Å². The van der Waals surface area contributed by atoms with E-state index < -0.39 is 5.54 Å². The molecule has 0 aliphatic carbocycles. The lowest BCUT2D eigenvalue weighted by molar-refractivity contribution is -0.133. The van der Waals surface area contributed by atoms with E-state index >= 15 is 0 Å². The van der Waals surface area contributed by atoms with Crippen LogP contribution in [0.2, 0.25) is 0 Å². The number of amides is 1. The maximum atomic E-state index is 13.1. The van der Waals surface area contributed by atoms with Crippen LogP contribution in [0.4, 0.5) is 17.3 Å². The molecule has 3 saturated heterocycles. The molecule has 1 aromatic carbocycles. The SMILES string of the molecule is Cc1ccccc1-c1cnn(C2(CC#N)CN(c3cccn4nc(Nc5cnn(CC(=O)N6CCC(N7CCOCC7)CC6)c5)nc34)C2)c1. The monoisotopic (exact) mass is 660 g/mol. The maximum Gasteiger partial charge on any atom is 0.247 e. The number of anilines is 3. The molecule has 252 valence electrons. The number of hydrogen-bond donors (Lipinski definition) is 1. The molecule has 3 aliphatic heterocycles. The lowest BCUT2D eigenvalue weighted by atomic mass is 9.86. The van der Waals surface area contributed by atoms with Crippen LogP contribution in [0, 0.1) is 18.3 Å². The number of benzene rings is 1. The van der Waals surface area contributed by atoms with Crippen LogP contribution in [0.3, 0.4) is 0 Å². The zero-order valence-corrected chi connectivity index (χ0v) is 27.6. The number of hydrogen-bond acceptors (Lipinski definition) is 10. The number of nitriles is 1. The summed E-state index contributed by atoms with van der Waals surface area (Å²) in [6, 6.07) is 15.1. The van der Waals surface area contributed by atoms with Gasteiger partial charge in [-0.15, -0.1) is 5.10 Å². The summed E-state index contributed by atoms with van der Waals surface area (Å²) in [6.07, 6.45) is 11.6. The predicted molar refractivity (Wildman–Crippen MR) is 183 cm³/mol. The highest BCUT2D eigenvalue weighted by Crippen LogP contribution is 2.38. The summed E-state index contributed by atoms with van der Waals surface area (Å²) in [5.41, 5.74) is 5.28. The van der Waals surface area contributed by atoms with E-state index in [1.165, 1.54) is 5.56 Å². The van der Waals surface area contributed by atoms with Gasteiger partial charge in [0.05, 0.1) is 49.5 Å². The molecule has 4 aromatic heterocycles. The van der Waals surface area contributed by atoms with Gasteiger partial charge < -0.3 is 19.9 Å². The van der Waals surface area contributed by atoms with Gasteiger partial charge in [0, 0.05) is 69.5 Å². The normalized spacial score (nSPS) is 18.4. The van der Waals surface area contributed by atoms with Crippen LogP contribution in [0.15, 0.2) is 67.4 Å². The third-order valence-electron chi connectivity index (χ3n) is 10.2. The highest BCUT2D eigenvalue weighted by Gasteiger charge is 2.46. The van der Waals surface area contributed by atoms with Gasteiger partial charge in [0.15, 0.2) is 5.65 Å². The third kappa shape index (κ3) is 6.11. The molecule has 7 heterocycles. The standard InChI is InChI=1S/C35H40N12O2/c1-26-5-2-3-6-30(26)27-19-38-47(21-27)35(10-11-36)24-44(25-35)31-7-4-12-46-33(31)40-34(41-46)39-28-20-37-45(22-28)23-32(48)43-13-8-29(9-14-43)42-15-17-49-18-16-42/h2-7,12,19-22,29H,8-10,13-18,23-25H2,1H3,(H,39,41). The average Bonchev–Trinajstić information content (AvgIpc) is 3.87. The van der Waals surface area contributed by atoms with Crippen LogP contribution < -0.4 is 10.2 Å². The lowest BCUT2D eigenvalue weighted by Gasteiger charge is -2.50. The Bertz CT molecular complexity index is 1990. The van der Waals surface area contributed by atoms with Gasteiger partial charge in [-0.05, 0) is 43.0 Å². The van der Waals surface area contributed by atoms with Gasteiger partial charge >= 0.3 is 0 Å². The Morgan fingerprint density at radius 1 is 1.04 bits per heavy atom. The van der Waals surface area contributed by atoms with Crippen LogP contribution in [-0.4, -0.2) is 108 Å². The number of rotatable bonds is 9. The van der Waals surface area contributed by atoms with Crippen LogP contribution in [0.1, 0.15) is 24.8 Å². The third-order valence-corrected chi connectivity index (χ3v) is 10.2. The van der Waals surface area contributed by atoms with Gasteiger partial charge in [0.25, 0.3) is 0 Å². The molecule has 14 nitrogen and oxygen atoms in total. The van der Waals surface area contributed by atoms with Gasteiger partial charge in [-0.1, -0.05) is 24.3 Å². The average molecular weight is 661 g/mol. The molecular formula is C35H40N12O2. The summed E-state index contributed by atoms with van der Waals surface area (Å²) in [5.74, 6) is 0.511. The van der Waals surface area contributed by atoms with Crippen LogP contribution in [0.25, 0.3) is 16.8 Å². The van der Waals surface area contributed by atoms with Crippen molar-refractivity contribution >= 4 is 28.9 Å². The number of likely N-dealkylation sites (tertiary alicyclic amines) is 1. The lowest BCUT2D eigenvalue weighted by Crippen LogP contribution is -2.63. The molecule has 0 spiro atoms. The fourth-order valence-corrected chi connectivity index (χ4v) is 7.43. The number of aryl methyl sites for hydroxylation is 1. The highest BCUT2D eigenvalue weighted by atomic mass is 16.5. The van der Waals surface area contributed by atoms with Crippen LogP contribution in [-0.2, 0) is 21.6 Å². The van der Waals surface area contributed by atoms with Gasteiger partial charge in [0.1, 0.15) is 12.1 Å². The molecule has 14 heteroatoms. The number of ether oxygens (including phenoxy) is 1. The Hall–Kier alpha value is -5.26. The second-order valence-corrected chi connectivity index (χ2v) is 13.3. The molecular weight excluding hydrogens is 620 g/mol. The van der Waals surface area contributed by atoms with Gasteiger partial charge in [-0.25, -0.2) is 4.52 Å². The Morgan fingerprint density at radius 3 is 2.65 bits per heavy atom. The molecule has 0 saturated carbocycles. The van der Waals surface area contributed by atoms with Crippen molar-refractivity contribution in [3.63, 3.8) is 0 Å². The fraction of sp³-hybridized carbons (Fsp3) is 0.429. The zero-order chi connectivity index (χ0) is 33.4. The first-order valence-electron chi connectivity index (χ1n) is 17.0. The number of pyridine rings is 1. The van der Waals surface area contributed by atoms with Crippen LogP contribution >= 0.6 is 0 Å². The molecule has 0 bridgehead atoms. The molecule has 49 heavy (non-hydrogen) atoms. The summed E-state index contributed by atoms with van der Waals surface area (Å²) < 4.78 is 10.9. The quantitative estimate of drug-likeness (QED) is 0.251. The highest BCUT2D eigenvalue weighted by molar-refractivity contribution is 5.76. The van der Waals surface area contributed by atoms with E-state index in [0.717, 1.165) is 69.0 Å². The minimum absolute atomic E-state index is 0.0779. The van der Waals surface area contributed by atoms with Crippen molar-refractivity contribution in [2.75, 3.05) is 62.7 Å². The van der Waals surface area contributed by atoms with Crippen molar-refractivity contribution in [1.82, 2.24) is 44.0 Å². The van der Waals surface area contributed by atoms with E-state index in [4.69, 9.17) is 14.8 Å². The van der Waals surface area contributed by atoms with Crippen molar-refractivity contribution in [2.24, 2.45) is 0 Å². The number of piperidine rings is 1. The largest absolute Gasteiger partial charge is 0.379 e. The molecule has 5 aromatic rings. The second kappa shape index (κ2) is 13.0. The van der Waals surface area contributed by atoms with Gasteiger partial charge in [0.2, 0.25) is 11.9 Å². The first-order valence-corrected chi connectivity index (χ1v) is 17.0. The van der Waals surface area contributed by atoms with Crippen molar-refractivity contribution < 1.29 is 9.53 Å². The molecule has 1 N–H and O–H groups in total. The van der Waals surface area contributed by atoms with E-state index in [-0.39, 0.29) is 12.5 Å². The van der Waals surface area contributed by atoms with E-state index in [2.05, 4.69) is 56.6 Å². The van der Waals surface area contributed by atoms with E-state index in [0.29, 0.717) is 42.8 Å². The smallest absolute Gasteiger partial charge is 0.247 e. The Kier molecular flexibility index (Phi) is 8.22. The summed E-state index contributed by atoms with van der Waals surface area (Å²) in [4.78, 5) is 24.6. The van der Waals surface area contributed by atoms with Gasteiger partial charge in [-0.3, -0.25) is 19.1 Å². The predicted octanol–water partition coefficient (Wildman–Crippen LogP) is 3.29. The number of nitrogens with zero attached hydrogens (tertiary/aromatic N) is 11. The van der Waals surface area contributed by atoms with Crippen molar-refractivity contribution in [1.29, 1.82) is 5.26 Å². The van der Waals surface area contributed by atoms with E-state index in [1.807, 2.05) is 52.4 Å². The summed E-state index contributed by atoms with van der Waals surface area (Å²) in [5, 5.41) is 26.8. The Balaban J connectivity index is 0.908. The summed E-state index contributed by atoms with van der Waals surface area (Å²) in [7, 11) is 0. The molecule has 3 aliphatic rings. The minimum atomic E-state index is -0.436. The molecule has 8 rings (SSSR count). The number of carbonyl (C=O) groups is 1. The number of nitrogens with one attached hydrogen (secondary N) is 1. The van der Waals surface area contributed by atoms with Gasteiger partial charge in [-0.2, -0.15) is 20.4 Å². The number of fused-ring (bicyclic) bond motifs is 1. The zero-order valence-electron chi connectivity index (χ0n) is 27.6. The Morgan fingerprint density at radius 2 is 1.86 bits per heavy atom. The maximum absolute atomic E-state index is 13.1.